The van der Waals surface area contributed by atoms with Crippen molar-refractivity contribution in [3.63, 3.8) is 0 Å². The number of rotatable bonds is 2. The van der Waals surface area contributed by atoms with Gasteiger partial charge in [0, 0.05) is 6.42 Å². The Kier molecular flexibility index (Phi) is 2.81. The summed E-state index contributed by atoms with van der Waals surface area (Å²) >= 11 is 0. The first-order chi connectivity index (χ1) is 5.70. The van der Waals surface area contributed by atoms with Gasteiger partial charge in [-0.3, -0.25) is 9.59 Å². The third-order valence-electron chi connectivity index (χ3n) is 2.30. The van der Waals surface area contributed by atoms with Crippen LogP contribution < -0.4 is 0 Å². The molecule has 0 saturated heterocycles. The summed E-state index contributed by atoms with van der Waals surface area (Å²) in [5.41, 5.74) is 0. The topological polar surface area (TPSA) is 63.6 Å². The van der Waals surface area contributed by atoms with Crippen molar-refractivity contribution in [2.75, 3.05) is 13.7 Å². The van der Waals surface area contributed by atoms with E-state index in [0.29, 0.717) is 12.8 Å². The largest absolute Gasteiger partial charge is 0.469 e. The van der Waals surface area contributed by atoms with E-state index in [0.717, 1.165) is 0 Å². The zero-order valence-electron chi connectivity index (χ0n) is 6.95. The van der Waals surface area contributed by atoms with Crippen molar-refractivity contribution in [3.05, 3.63) is 0 Å². The highest BCUT2D eigenvalue weighted by Crippen LogP contribution is 2.29. The Hall–Kier alpha value is -0.900. The molecule has 0 bridgehead atoms. The standard InChI is InChI=1S/C8H12O4/c1-12-8(11)5-2-3-7(10)6(5)4-9/h5-6,9H,2-4H2,1H3. The number of hydrogen-bond acceptors (Lipinski definition) is 4. The summed E-state index contributed by atoms with van der Waals surface area (Å²) < 4.78 is 4.51. The predicted molar refractivity (Wildman–Crippen MR) is 40.3 cm³/mol. The molecular formula is C8H12O4. The Morgan fingerprint density at radius 3 is 2.92 bits per heavy atom. The SMILES string of the molecule is COC(=O)C1CCC(=O)C1CO. The average molecular weight is 172 g/mol. The maximum absolute atomic E-state index is 11.1. The molecule has 1 fully saturated rings. The number of Topliss-reactive ketones (excluding diaryl/α,β-unsaturated/α-hetero) is 1. The van der Waals surface area contributed by atoms with Crippen LogP contribution in [0.25, 0.3) is 0 Å². The summed E-state index contributed by atoms with van der Waals surface area (Å²) in [7, 11) is 1.29. The van der Waals surface area contributed by atoms with Crippen LogP contribution in [-0.2, 0) is 14.3 Å². The Bertz CT molecular complexity index is 199. The van der Waals surface area contributed by atoms with E-state index >= 15 is 0 Å². The summed E-state index contributed by atoms with van der Waals surface area (Å²) in [6.07, 6.45) is 0.891. The quantitative estimate of drug-likeness (QED) is 0.583. The average Bonchev–Trinajstić information content (AvgIpc) is 2.45. The van der Waals surface area contributed by atoms with E-state index < -0.39 is 11.8 Å². The fraction of sp³-hybridized carbons (Fsp3) is 0.750. The fourth-order valence-electron chi connectivity index (χ4n) is 1.57. The molecule has 1 aliphatic carbocycles. The summed E-state index contributed by atoms with van der Waals surface area (Å²) in [4.78, 5) is 22.1. The second-order valence-corrected chi connectivity index (χ2v) is 2.92. The Morgan fingerprint density at radius 2 is 2.42 bits per heavy atom. The molecule has 0 aromatic heterocycles. The van der Waals surface area contributed by atoms with Crippen molar-refractivity contribution in [2.45, 2.75) is 12.8 Å². The number of hydrogen-bond donors (Lipinski definition) is 1. The maximum Gasteiger partial charge on any atom is 0.309 e. The number of aliphatic hydroxyl groups excluding tert-OH is 1. The number of aliphatic hydroxyl groups is 1. The highest BCUT2D eigenvalue weighted by molar-refractivity contribution is 5.90. The second kappa shape index (κ2) is 3.67. The van der Waals surface area contributed by atoms with Crippen LogP contribution in [0.1, 0.15) is 12.8 Å². The summed E-state index contributed by atoms with van der Waals surface area (Å²) in [5, 5.41) is 8.82. The monoisotopic (exact) mass is 172 g/mol. The number of esters is 1. The van der Waals surface area contributed by atoms with Gasteiger partial charge >= 0.3 is 5.97 Å². The smallest absolute Gasteiger partial charge is 0.309 e. The van der Waals surface area contributed by atoms with Crippen LogP contribution in [0.2, 0.25) is 0 Å². The molecule has 4 nitrogen and oxygen atoms in total. The van der Waals surface area contributed by atoms with E-state index in [-0.39, 0.29) is 18.4 Å². The van der Waals surface area contributed by atoms with Crippen molar-refractivity contribution in [1.82, 2.24) is 0 Å². The third-order valence-corrected chi connectivity index (χ3v) is 2.30. The molecule has 0 aliphatic heterocycles. The van der Waals surface area contributed by atoms with Gasteiger partial charge in [0.2, 0.25) is 0 Å². The lowest BCUT2D eigenvalue weighted by Crippen LogP contribution is -2.26. The molecular weight excluding hydrogens is 160 g/mol. The predicted octanol–water partition coefficient (Wildman–Crippen LogP) is -0.253. The molecule has 68 valence electrons. The molecule has 0 radical (unpaired) electrons. The van der Waals surface area contributed by atoms with Crippen molar-refractivity contribution in [1.29, 1.82) is 0 Å². The molecule has 1 aliphatic rings. The van der Waals surface area contributed by atoms with E-state index in [2.05, 4.69) is 4.74 Å². The maximum atomic E-state index is 11.1. The molecule has 0 aromatic rings. The van der Waals surface area contributed by atoms with Gasteiger partial charge in [-0.15, -0.1) is 0 Å². The third kappa shape index (κ3) is 1.48. The molecule has 0 heterocycles. The molecule has 0 amide bonds. The van der Waals surface area contributed by atoms with Gasteiger partial charge in [0.25, 0.3) is 0 Å². The van der Waals surface area contributed by atoms with E-state index in [1.165, 1.54) is 7.11 Å². The first-order valence-electron chi connectivity index (χ1n) is 3.92. The van der Waals surface area contributed by atoms with Crippen LogP contribution in [0.5, 0.6) is 0 Å². The molecule has 0 aromatic carbocycles. The van der Waals surface area contributed by atoms with Crippen LogP contribution in [0.3, 0.4) is 0 Å². The molecule has 1 N–H and O–H groups in total. The van der Waals surface area contributed by atoms with Gasteiger partial charge in [-0.1, -0.05) is 0 Å². The van der Waals surface area contributed by atoms with Gasteiger partial charge in [0.1, 0.15) is 5.78 Å². The molecule has 4 heteroatoms. The zero-order valence-corrected chi connectivity index (χ0v) is 6.95. The van der Waals surface area contributed by atoms with Crippen LogP contribution in [-0.4, -0.2) is 30.6 Å². The minimum absolute atomic E-state index is 0.0344. The number of carbonyl (C=O) groups is 2. The molecule has 12 heavy (non-hydrogen) atoms. The minimum Gasteiger partial charge on any atom is -0.469 e. The van der Waals surface area contributed by atoms with Crippen LogP contribution in [0.4, 0.5) is 0 Å². The van der Waals surface area contributed by atoms with E-state index in [9.17, 15) is 9.59 Å². The lowest BCUT2D eigenvalue weighted by molar-refractivity contribution is -0.148. The highest BCUT2D eigenvalue weighted by atomic mass is 16.5. The lowest BCUT2D eigenvalue weighted by Gasteiger charge is -2.12. The van der Waals surface area contributed by atoms with E-state index in [1.807, 2.05) is 0 Å². The number of methoxy groups -OCH3 is 1. The van der Waals surface area contributed by atoms with E-state index in [4.69, 9.17) is 5.11 Å². The van der Waals surface area contributed by atoms with Crippen LogP contribution in [0, 0.1) is 11.8 Å². The van der Waals surface area contributed by atoms with E-state index in [1.54, 1.807) is 0 Å². The van der Waals surface area contributed by atoms with Crippen molar-refractivity contribution in [2.24, 2.45) is 11.8 Å². The fourth-order valence-corrected chi connectivity index (χ4v) is 1.57. The Morgan fingerprint density at radius 1 is 1.75 bits per heavy atom. The number of ether oxygens (including phenoxy) is 1. The molecule has 2 atom stereocenters. The summed E-state index contributed by atoms with van der Waals surface area (Å²) in [5.74, 6) is -1.38. The summed E-state index contributed by atoms with van der Waals surface area (Å²) in [6, 6.07) is 0. The molecule has 1 saturated carbocycles. The van der Waals surface area contributed by atoms with Gasteiger partial charge in [-0.25, -0.2) is 0 Å². The molecule has 2 unspecified atom stereocenters. The first-order valence-corrected chi connectivity index (χ1v) is 3.92. The normalized spacial score (nSPS) is 29.0. The Labute approximate surface area is 70.5 Å². The number of carbonyl (C=O) groups excluding carboxylic acids is 2. The van der Waals surface area contributed by atoms with Crippen molar-refractivity contribution in [3.8, 4) is 0 Å². The van der Waals surface area contributed by atoms with Crippen molar-refractivity contribution >= 4 is 11.8 Å². The zero-order chi connectivity index (χ0) is 9.14. The second-order valence-electron chi connectivity index (χ2n) is 2.92. The Balaban J connectivity index is 2.66. The van der Waals surface area contributed by atoms with Gasteiger partial charge in [0.15, 0.2) is 0 Å². The van der Waals surface area contributed by atoms with Gasteiger partial charge in [-0.2, -0.15) is 0 Å². The summed E-state index contributed by atoms with van der Waals surface area (Å²) in [6.45, 7) is -0.251. The lowest BCUT2D eigenvalue weighted by atomic mass is 9.97. The van der Waals surface area contributed by atoms with Crippen LogP contribution in [0.15, 0.2) is 0 Å². The van der Waals surface area contributed by atoms with Gasteiger partial charge in [0.05, 0.1) is 25.6 Å². The first kappa shape index (κ1) is 9.19. The van der Waals surface area contributed by atoms with Gasteiger partial charge in [-0.05, 0) is 6.42 Å². The minimum atomic E-state index is -0.530. The highest BCUT2D eigenvalue weighted by Gasteiger charge is 2.39. The number of ketones is 1. The van der Waals surface area contributed by atoms with Crippen LogP contribution >= 0.6 is 0 Å². The molecule has 1 rings (SSSR count). The van der Waals surface area contributed by atoms with Gasteiger partial charge < -0.3 is 9.84 Å². The molecule has 0 spiro atoms. The van der Waals surface area contributed by atoms with Crippen molar-refractivity contribution < 1.29 is 19.4 Å².